The normalized spacial score (nSPS) is 19.4. The van der Waals surface area contributed by atoms with E-state index in [2.05, 4.69) is 0 Å². The fraction of sp³-hybridized carbons (Fsp3) is 0.273. The van der Waals surface area contributed by atoms with E-state index in [9.17, 15) is 18.4 Å². The molecule has 1 aromatic carbocycles. The van der Waals surface area contributed by atoms with Gasteiger partial charge in [-0.3, -0.25) is 9.59 Å². The van der Waals surface area contributed by atoms with Crippen LogP contribution in [0.15, 0.2) is 12.1 Å². The van der Waals surface area contributed by atoms with Crippen LogP contribution >= 0.6 is 11.6 Å². The van der Waals surface area contributed by atoms with Crippen LogP contribution in [0.1, 0.15) is 6.42 Å². The second-order valence-corrected chi connectivity index (χ2v) is 4.37. The van der Waals surface area contributed by atoms with Crippen LogP contribution in [0.3, 0.4) is 0 Å². The fourth-order valence-electron chi connectivity index (χ4n) is 1.82. The molecular formula is C11H8ClF2NO3. The van der Waals surface area contributed by atoms with E-state index >= 15 is 0 Å². The molecule has 1 N–H and O–H groups in total. The number of nitrogens with zero attached hydrogens (tertiary/aromatic N) is 1. The number of anilines is 1. The van der Waals surface area contributed by atoms with Crippen molar-refractivity contribution in [1.29, 1.82) is 0 Å². The molecule has 0 saturated carbocycles. The Hall–Kier alpha value is -1.69. The summed E-state index contributed by atoms with van der Waals surface area (Å²) in [5.74, 6) is -4.42. The Morgan fingerprint density at radius 1 is 1.39 bits per heavy atom. The molecular weight excluding hydrogens is 268 g/mol. The number of aliphatic carboxylic acids is 1. The van der Waals surface area contributed by atoms with Gasteiger partial charge < -0.3 is 10.0 Å². The minimum atomic E-state index is -1.13. The number of carboxylic acids is 1. The highest BCUT2D eigenvalue weighted by Crippen LogP contribution is 2.31. The van der Waals surface area contributed by atoms with Crippen molar-refractivity contribution < 1.29 is 23.5 Å². The van der Waals surface area contributed by atoms with Crippen LogP contribution in [0.25, 0.3) is 0 Å². The number of carbonyl (C=O) groups excluding carboxylic acids is 1. The third-order valence-corrected chi connectivity index (χ3v) is 3.04. The summed E-state index contributed by atoms with van der Waals surface area (Å²) in [6, 6.07) is 1.55. The van der Waals surface area contributed by atoms with Gasteiger partial charge in [0.1, 0.15) is 11.6 Å². The van der Waals surface area contributed by atoms with Crippen molar-refractivity contribution in [3.63, 3.8) is 0 Å². The van der Waals surface area contributed by atoms with E-state index in [1.54, 1.807) is 0 Å². The quantitative estimate of drug-likeness (QED) is 0.841. The number of carboxylic acid groups (broad SMARTS) is 1. The lowest BCUT2D eigenvalue weighted by molar-refractivity contribution is -0.141. The van der Waals surface area contributed by atoms with Gasteiger partial charge in [-0.1, -0.05) is 11.6 Å². The molecule has 96 valence electrons. The first-order valence-corrected chi connectivity index (χ1v) is 5.45. The molecule has 1 aliphatic rings. The summed E-state index contributed by atoms with van der Waals surface area (Å²) in [6.07, 6.45) is -0.205. The predicted octanol–water partition coefficient (Wildman–Crippen LogP) is 2.06. The maximum atomic E-state index is 13.5. The molecule has 18 heavy (non-hydrogen) atoms. The fourth-order valence-corrected chi connectivity index (χ4v) is 1.98. The Bertz CT molecular complexity index is 535. The lowest BCUT2D eigenvalue weighted by Crippen LogP contribution is -2.26. The van der Waals surface area contributed by atoms with Crippen molar-refractivity contribution in [2.45, 2.75) is 6.42 Å². The van der Waals surface area contributed by atoms with E-state index in [1.165, 1.54) is 0 Å². The second kappa shape index (κ2) is 4.53. The number of hydrogen-bond acceptors (Lipinski definition) is 2. The summed E-state index contributed by atoms with van der Waals surface area (Å²) in [4.78, 5) is 23.3. The topological polar surface area (TPSA) is 57.6 Å². The van der Waals surface area contributed by atoms with Gasteiger partial charge in [-0.2, -0.15) is 0 Å². The van der Waals surface area contributed by atoms with Gasteiger partial charge in [-0.25, -0.2) is 8.78 Å². The van der Waals surface area contributed by atoms with E-state index < -0.39 is 29.4 Å². The van der Waals surface area contributed by atoms with Gasteiger partial charge in [-0.05, 0) is 6.07 Å². The van der Waals surface area contributed by atoms with E-state index in [-0.39, 0.29) is 23.7 Å². The van der Waals surface area contributed by atoms with Crippen LogP contribution in [-0.2, 0) is 9.59 Å². The summed E-state index contributed by atoms with van der Waals surface area (Å²) in [6.45, 7) is -0.146. The van der Waals surface area contributed by atoms with Gasteiger partial charge in [0.05, 0.1) is 16.6 Å². The molecule has 1 heterocycles. The minimum absolute atomic E-state index is 0.146. The lowest BCUT2D eigenvalue weighted by Gasteiger charge is -2.17. The molecule has 0 spiro atoms. The van der Waals surface area contributed by atoms with Gasteiger partial charge in [0.2, 0.25) is 5.91 Å². The summed E-state index contributed by atoms with van der Waals surface area (Å²) in [5, 5.41) is 8.48. The molecule has 1 saturated heterocycles. The number of rotatable bonds is 2. The van der Waals surface area contributed by atoms with Gasteiger partial charge in [0.25, 0.3) is 0 Å². The summed E-state index contributed by atoms with van der Waals surface area (Å²) < 4.78 is 26.5. The molecule has 7 heteroatoms. The largest absolute Gasteiger partial charge is 0.481 e. The SMILES string of the molecule is O=C(O)C1CC(=O)N(c2cc(Cl)c(F)cc2F)C1. The molecule has 2 rings (SSSR count). The van der Waals surface area contributed by atoms with Gasteiger partial charge in [0.15, 0.2) is 0 Å². The van der Waals surface area contributed by atoms with Crippen LogP contribution in [0.2, 0.25) is 5.02 Å². The highest BCUT2D eigenvalue weighted by atomic mass is 35.5. The highest BCUT2D eigenvalue weighted by Gasteiger charge is 2.36. The molecule has 4 nitrogen and oxygen atoms in total. The van der Waals surface area contributed by atoms with Crippen LogP contribution in [-0.4, -0.2) is 23.5 Å². The zero-order valence-corrected chi connectivity index (χ0v) is 9.75. The van der Waals surface area contributed by atoms with Crippen LogP contribution in [0, 0.1) is 17.6 Å². The van der Waals surface area contributed by atoms with Gasteiger partial charge >= 0.3 is 5.97 Å². The number of hydrogen-bond donors (Lipinski definition) is 1. The Labute approximate surface area is 106 Å². The zero-order chi connectivity index (χ0) is 13.4. The van der Waals surface area contributed by atoms with Gasteiger partial charge in [-0.15, -0.1) is 0 Å². The number of halogens is 3. The summed E-state index contributed by atoms with van der Waals surface area (Å²) in [7, 11) is 0. The molecule has 1 aromatic rings. The first-order valence-electron chi connectivity index (χ1n) is 5.08. The summed E-state index contributed by atoms with van der Waals surface area (Å²) >= 11 is 5.51. The smallest absolute Gasteiger partial charge is 0.308 e. The molecule has 0 bridgehead atoms. The minimum Gasteiger partial charge on any atom is -0.481 e. The third-order valence-electron chi connectivity index (χ3n) is 2.75. The first kappa shape index (κ1) is 12.8. The standard InChI is InChI=1S/C11H8ClF2NO3/c12-6-2-9(8(14)3-7(6)13)15-4-5(11(17)18)1-10(15)16/h2-3,5H,1,4H2,(H,17,18). The van der Waals surface area contributed by atoms with E-state index in [0.717, 1.165) is 11.0 Å². The molecule has 1 aliphatic heterocycles. The lowest BCUT2D eigenvalue weighted by atomic mass is 10.1. The van der Waals surface area contributed by atoms with Crippen LogP contribution in [0.4, 0.5) is 14.5 Å². The number of benzene rings is 1. The molecule has 0 aliphatic carbocycles. The molecule has 1 unspecified atom stereocenters. The van der Waals surface area contributed by atoms with Crippen LogP contribution in [0.5, 0.6) is 0 Å². The van der Waals surface area contributed by atoms with Crippen molar-refractivity contribution in [3.8, 4) is 0 Å². The number of carbonyl (C=O) groups is 2. The molecule has 0 radical (unpaired) electrons. The van der Waals surface area contributed by atoms with Crippen LogP contribution < -0.4 is 4.90 Å². The van der Waals surface area contributed by atoms with E-state index in [0.29, 0.717) is 6.07 Å². The van der Waals surface area contributed by atoms with Crippen molar-refractivity contribution in [3.05, 3.63) is 28.8 Å². The number of amides is 1. The average molecular weight is 276 g/mol. The monoisotopic (exact) mass is 275 g/mol. The zero-order valence-electron chi connectivity index (χ0n) is 8.99. The van der Waals surface area contributed by atoms with Crippen molar-refractivity contribution in [2.75, 3.05) is 11.4 Å². The Balaban J connectivity index is 2.35. The molecule has 1 atom stereocenters. The second-order valence-electron chi connectivity index (χ2n) is 3.96. The Morgan fingerprint density at radius 3 is 2.61 bits per heavy atom. The predicted molar refractivity (Wildman–Crippen MR) is 59.5 cm³/mol. The maximum absolute atomic E-state index is 13.5. The van der Waals surface area contributed by atoms with Gasteiger partial charge in [0, 0.05) is 19.0 Å². The third kappa shape index (κ3) is 2.15. The molecule has 1 amide bonds. The van der Waals surface area contributed by atoms with E-state index in [4.69, 9.17) is 16.7 Å². The van der Waals surface area contributed by atoms with Crippen molar-refractivity contribution in [1.82, 2.24) is 0 Å². The van der Waals surface area contributed by atoms with Crippen molar-refractivity contribution >= 4 is 29.2 Å². The highest BCUT2D eigenvalue weighted by molar-refractivity contribution is 6.31. The Morgan fingerprint density at radius 2 is 2.06 bits per heavy atom. The average Bonchev–Trinajstić information content (AvgIpc) is 2.66. The molecule has 0 aromatic heterocycles. The summed E-state index contributed by atoms with van der Waals surface area (Å²) in [5.41, 5.74) is -0.199. The Kier molecular flexibility index (Phi) is 3.21. The molecule has 1 fully saturated rings. The van der Waals surface area contributed by atoms with Crippen molar-refractivity contribution in [2.24, 2.45) is 5.92 Å². The van der Waals surface area contributed by atoms with E-state index in [1.807, 2.05) is 0 Å². The first-order chi connectivity index (χ1) is 8.40. The maximum Gasteiger partial charge on any atom is 0.308 e.